The van der Waals surface area contributed by atoms with Crippen LogP contribution in [0.3, 0.4) is 0 Å². The van der Waals surface area contributed by atoms with Crippen molar-refractivity contribution >= 4 is 21.0 Å². The molecule has 0 heterocycles. The summed E-state index contributed by atoms with van der Waals surface area (Å²) in [6.45, 7) is 5.69. The molecule has 1 aliphatic carbocycles. The maximum atomic E-state index is 12.4. The summed E-state index contributed by atoms with van der Waals surface area (Å²) in [4.78, 5) is 0. The van der Waals surface area contributed by atoms with Crippen LogP contribution in [-0.4, -0.2) is 47.1 Å². The van der Waals surface area contributed by atoms with Gasteiger partial charge in [0, 0.05) is 19.6 Å². The normalized spacial score (nSPS) is 21.9. The van der Waals surface area contributed by atoms with Crippen LogP contribution in [0.2, 0.25) is 0 Å². The maximum Gasteiger partial charge on any atom is 0.215 e. The number of hydrogen-bond acceptors (Lipinski definition) is 3. The Morgan fingerprint density at radius 2 is 1.65 bits per heavy atom. The molecule has 120 valence electrons. The lowest BCUT2D eigenvalue weighted by atomic mass is 9.84. The molecule has 20 heavy (non-hydrogen) atoms. The first kappa shape index (κ1) is 18.1. The molecule has 1 N–H and O–H groups in total. The highest BCUT2D eigenvalue weighted by Crippen LogP contribution is 2.31. The van der Waals surface area contributed by atoms with Gasteiger partial charge in [-0.1, -0.05) is 19.3 Å². The van der Waals surface area contributed by atoms with Crippen molar-refractivity contribution in [2.75, 3.05) is 19.8 Å². The first-order chi connectivity index (χ1) is 8.99. The smallest absolute Gasteiger partial charge is 0.215 e. The molecule has 0 aromatic rings. The molecular weight excluding hydrogens is 296 g/mol. The van der Waals surface area contributed by atoms with Gasteiger partial charge >= 0.3 is 0 Å². The second-order valence-corrected chi connectivity index (χ2v) is 11.0. The summed E-state index contributed by atoms with van der Waals surface area (Å²) < 4.78 is 40.8. The van der Waals surface area contributed by atoms with Crippen LogP contribution in [-0.2, 0) is 21.0 Å². The van der Waals surface area contributed by atoms with Gasteiger partial charge in [0.1, 0.15) is 0 Å². The molecule has 1 rings (SSSR count). The molecule has 0 radical (unpaired) electrons. The van der Waals surface area contributed by atoms with Gasteiger partial charge in [-0.25, -0.2) is 21.7 Å². The van der Waals surface area contributed by atoms with Crippen molar-refractivity contribution in [1.29, 1.82) is 0 Å². The Hall–Kier alpha value is 0.0200. The molecule has 1 atom stereocenters. The van der Waals surface area contributed by atoms with E-state index in [-0.39, 0.29) is 5.75 Å². The summed E-state index contributed by atoms with van der Waals surface area (Å²) in [5.41, 5.74) is -0.556. The Labute approximate surface area is 126 Å². The van der Waals surface area contributed by atoms with Crippen molar-refractivity contribution in [3.8, 4) is 0 Å². The molecule has 7 heteroatoms. The number of rotatable bonds is 5. The van der Waals surface area contributed by atoms with Crippen molar-refractivity contribution in [3.05, 3.63) is 0 Å². The lowest BCUT2D eigenvalue weighted by Gasteiger charge is -2.39. The van der Waals surface area contributed by atoms with Crippen LogP contribution in [0.15, 0.2) is 0 Å². The molecule has 0 amide bonds. The average molecular weight is 325 g/mol. The predicted molar refractivity (Wildman–Crippen MR) is 84.3 cm³/mol. The third-order valence-corrected chi connectivity index (χ3v) is 7.45. The van der Waals surface area contributed by atoms with E-state index in [1.165, 1.54) is 4.31 Å². The lowest BCUT2D eigenvalue weighted by molar-refractivity contribution is 0.295. The van der Waals surface area contributed by atoms with E-state index in [1.807, 2.05) is 20.8 Å². The minimum atomic E-state index is -3.31. The number of nitrogens with zero attached hydrogens (tertiary/aromatic N) is 1. The fourth-order valence-electron chi connectivity index (χ4n) is 2.33. The van der Waals surface area contributed by atoms with Crippen molar-refractivity contribution in [3.63, 3.8) is 0 Å². The van der Waals surface area contributed by atoms with Gasteiger partial charge in [0.25, 0.3) is 0 Å². The lowest BCUT2D eigenvalue weighted by Crippen LogP contribution is -2.56. The fourth-order valence-corrected chi connectivity index (χ4v) is 4.72. The van der Waals surface area contributed by atoms with E-state index in [0.717, 1.165) is 32.1 Å². The summed E-state index contributed by atoms with van der Waals surface area (Å²) in [6.07, 6.45) is 4.62. The van der Waals surface area contributed by atoms with Gasteiger partial charge in [-0.2, -0.15) is 0 Å². The minimum absolute atomic E-state index is 0.0226. The van der Waals surface area contributed by atoms with Gasteiger partial charge in [-0.3, -0.25) is 0 Å². The molecule has 0 spiro atoms. The predicted octanol–water partition coefficient (Wildman–Crippen LogP) is 1.63. The van der Waals surface area contributed by atoms with Crippen LogP contribution in [0.1, 0.15) is 52.9 Å². The number of nitrogens with one attached hydrogen (secondary N) is 1. The van der Waals surface area contributed by atoms with E-state index in [0.29, 0.717) is 0 Å². The molecule has 0 saturated heterocycles. The van der Waals surface area contributed by atoms with Crippen LogP contribution in [0.4, 0.5) is 0 Å². The first-order valence-electron chi connectivity index (χ1n) is 7.08. The summed E-state index contributed by atoms with van der Waals surface area (Å²) in [7, 11) is -1.47. The molecule has 0 unspecified atom stereocenters. The van der Waals surface area contributed by atoms with E-state index in [4.69, 9.17) is 0 Å². The average Bonchev–Trinajstić information content (AvgIpc) is 2.27. The zero-order valence-corrected chi connectivity index (χ0v) is 14.9. The molecule has 0 aromatic carbocycles. The Bertz CT molecular complexity index is 447. The topological polar surface area (TPSA) is 66.5 Å². The van der Waals surface area contributed by atoms with Gasteiger partial charge in [-0.05, 0) is 33.6 Å². The Morgan fingerprint density at radius 3 is 2.05 bits per heavy atom. The van der Waals surface area contributed by atoms with E-state index in [9.17, 15) is 12.6 Å². The molecule has 0 bridgehead atoms. The SMILES string of the molecule is CN(C)S(=O)(=O)CC1(N[S@](=O)C(C)(C)C)CCCCC1. The van der Waals surface area contributed by atoms with E-state index in [1.54, 1.807) is 14.1 Å². The number of sulfonamides is 1. The van der Waals surface area contributed by atoms with Gasteiger partial charge in [0.15, 0.2) is 0 Å². The molecule has 0 aromatic heterocycles. The third-order valence-electron chi connectivity index (χ3n) is 3.69. The van der Waals surface area contributed by atoms with Crippen LogP contribution in [0.25, 0.3) is 0 Å². The Kier molecular flexibility index (Phi) is 5.80. The Balaban J connectivity index is 2.96. The van der Waals surface area contributed by atoms with Crippen LogP contribution < -0.4 is 4.72 Å². The molecule has 5 nitrogen and oxygen atoms in total. The summed E-state index contributed by atoms with van der Waals surface area (Å²) in [5, 5.41) is 0. The second-order valence-electron chi connectivity index (χ2n) is 6.86. The highest BCUT2D eigenvalue weighted by Gasteiger charge is 2.40. The van der Waals surface area contributed by atoms with Gasteiger partial charge in [0.2, 0.25) is 10.0 Å². The van der Waals surface area contributed by atoms with Gasteiger partial charge < -0.3 is 0 Å². The van der Waals surface area contributed by atoms with Crippen molar-refractivity contribution in [2.45, 2.75) is 63.2 Å². The summed E-state index contributed by atoms with van der Waals surface area (Å²) >= 11 is 0. The quantitative estimate of drug-likeness (QED) is 0.836. The molecule has 1 aliphatic rings. The molecule has 1 fully saturated rings. The monoisotopic (exact) mass is 324 g/mol. The first-order valence-corrected chi connectivity index (χ1v) is 9.84. The fraction of sp³-hybridized carbons (Fsp3) is 1.00. The highest BCUT2D eigenvalue weighted by atomic mass is 32.2. The standard InChI is InChI=1S/C13H28N2O3S2/c1-12(2,3)19(16)14-13(9-7-6-8-10-13)11-20(17,18)15(4)5/h14H,6-11H2,1-5H3/t19-/m1/s1. The van der Waals surface area contributed by atoms with Crippen molar-refractivity contribution < 1.29 is 12.6 Å². The third kappa shape index (κ3) is 4.79. The zero-order chi connectivity index (χ0) is 15.6. The molecule has 0 aliphatic heterocycles. The van der Waals surface area contributed by atoms with E-state index < -0.39 is 31.3 Å². The molecule has 1 saturated carbocycles. The van der Waals surface area contributed by atoms with Gasteiger partial charge in [0.05, 0.1) is 21.5 Å². The van der Waals surface area contributed by atoms with Crippen molar-refractivity contribution in [1.82, 2.24) is 9.03 Å². The number of hydrogen-bond donors (Lipinski definition) is 1. The summed E-state index contributed by atoms with van der Waals surface area (Å²) in [5.74, 6) is 0.0226. The Morgan fingerprint density at radius 1 is 1.15 bits per heavy atom. The largest absolute Gasteiger partial charge is 0.242 e. The van der Waals surface area contributed by atoms with Gasteiger partial charge in [-0.15, -0.1) is 0 Å². The van der Waals surface area contributed by atoms with E-state index in [2.05, 4.69) is 4.72 Å². The highest BCUT2D eigenvalue weighted by molar-refractivity contribution is 7.89. The minimum Gasteiger partial charge on any atom is -0.242 e. The summed E-state index contributed by atoms with van der Waals surface area (Å²) in [6, 6.07) is 0. The van der Waals surface area contributed by atoms with Crippen LogP contribution >= 0.6 is 0 Å². The van der Waals surface area contributed by atoms with Crippen molar-refractivity contribution in [2.24, 2.45) is 0 Å². The van der Waals surface area contributed by atoms with Crippen LogP contribution in [0.5, 0.6) is 0 Å². The molecular formula is C13H28N2O3S2. The second kappa shape index (κ2) is 6.42. The van der Waals surface area contributed by atoms with Crippen LogP contribution in [0, 0.1) is 0 Å². The van der Waals surface area contributed by atoms with E-state index >= 15 is 0 Å². The maximum absolute atomic E-state index is 12.4. The zero-order valence-electron chi connectivity index (χ0n) is 13.2.